The molecule has 2 aromatic carbocycles. The third-order valence-electron chi connectivity index (χ3n) is 5.84. The molecule has 0 fully saturated rings. The van der Waals surface area contributed by atoms with E-state index in [0.29, 0.717) is 6.04 Å². The van der Waals surface area contributed by atoms with Crippen molar-refractivity contribution in [3.05, 3.63) is 77.6 Å². The number of nitrogens with zero attached hydrogens (tertiary/aromatic N) is 2. The first-order valence-corrected chi connectivity index (χ1v) is 9.91. The second kappa shape index (κ2) is 6.82. The van der Waals surface area contributed by atoms with Gasteiger partial charge in [0, 0.05) is 23.5 Å². The summed E-state index contributed by atoms with van der Waals surface area (Å²) in [6.45, 7) is 4.21. The predicted octanol–water partition coefficient (Wildman–Crippen LogP) is 5.88. The van der Waals surface area contributed by atoms with E-state index in [2.05, 4.69) is 54.3 Å². The van der Waals surface area contributed by atoms with Crippen molar-refractivity contribution in [1.29, 1.82) is 0 Å². The molecule has 0 radical (unpaired) electrons. The number of hydrogen-bond acceptors (Lipinski definition) is 3. The number of fused-ring (bicyclic) bond motifs is 4. The number of aromatic nitrogens is 1. The molecule has 3 heteroatoms. The molecule has 0 spiro atoms. The maximum Gasteiger partial charge on any atom is 0.135 e. The Morgan fingerprint density at radius 2 is 1.93 bits per heavy atom. The van der Waals surface area contributed by atoms with Gasteiger partial charge in [-0.25, -0.2) is 0 Å². The summed E-state index contributed by atoms with van der Waals surface area (Å²) in [6, 6.07) is 19.6. The van der Waals surface area contributed by atoms with Crippen molar-refractivity contribution in [2.75, 3.05) is 6.54 Å². The van der Waals surface area contributed by atoms with Crippen LogP contribution in [0, 0.1) is 0 Å². The van der Waals surface area contributed by atoms with Crippen molar-refractivity contribution >= 4 is 21.9 Å². The van der Waals surface area contributed by atoms with Crippen LogP contribution in [0.5, 0.6) is 0 Å². The lowest BCUT2D eigenvalue weighted by Crippen LogP contribution is -2.31. The summed E-state index contributed by atoms with van der Waals surface area (Å²) in [4.78, 5) is 7.30. The number of pyridine rings is 1. The quantitative estimate of drug-likeness (QED) is 0.457. The first-order valence-electron chi connectivity index (χ1n) is 9.91. The van der Waals surface area contributed by atoms with Crippen molar-refractivity contribution in [1.82, 2.24) is 9.88 Å². The average molecular weight is 356 g/mol. The predicted molar refractivity (Wildman–Crippen MR) is 110 cm³/mol. The fraction of sp³-hybridized carbons (Fsp3) is 0.292. The second-order valence-electron chi connectivity index (χ2n) is 7.45. The van der Waals surface area contributed by atoms with Crippen molar-refractivity contribution in [3.8, 4) is 0 Å². The summed E-state index contributed by atoms with van der Waals surface area (Å²) in [5.41, 5.74) is 5.96. The molecular weight excluding hydrogens is 332 g/mol. The Balaban J connectivity index is 1.49. The molecule has 27 heavy (non-hydrogen) atoms. The van der Waals surface area contributed by atoms with Crippen molar-refractivity contribution in [2.45, 2.75) is 38.8 Å². The average Bonchev–Trinajstić information content (AvgIpc) is 3.10. The van der Waals surface area contributed by atoms with Gasteiger partial charge in [0.15, 0.2) is 0 Å². The Morgan fingerprint density at radius 3 is 2.85 bits per heavy atom. The van der Waals surface area contributed by atoms with Gasteiger partial charge in [0.1, 0.15) is 11.2 Å². The van der Waals surface area contributed by atoms with Gasteiger partial charge < -0.3 is 4.42 Å². The molecule has 0 aliphatic heterocycles. The van der Waals surface area contributed by atoms with Crippen LogP contribution in [0.4, 0.5) is 0 Å². The molecule has 3 nitrogen and oxygen atoms in total. The lowest BCUT2D eigenvalue weighted by atomic mass is 9.90. The first kappa shape index (κ1) is 16.5. The molecule has 0 saturated heterocycles. The van der Waals surface area contributed by atoms with Gasteiger partial charge in [0.05, 0.1) is 11.7 Å². The van der Waals surface area contributed by atoms with Crippen LogP contribution in [-0.2, 0) is 13.0 Å². The molecule has 5 rings (SSSR count). The zero-order valence-corrected chi connectivity index (χ0v) is 15.7. The van der Waals surface area contributed by atoms with E-state index in [-0.39, 0.29) is 0 Å². The highest BCUT2D eigenvalue weighted by Gasteiger charge is 2.26. The van der Waals surface area contributed by atoms with Crippen molar-refractivity contribution in [2.24, 2.45) is 0 Å². The van der Waals surface area contributed by atoms with E-state index in [9.17, 15) is 0 Å². The Hall–Kier alpha value is -2.65. The Labute approximate surface area is 159 Å². The summed E-state index contributed by atoms with van der Waals surface area (Å²) in [7, 11) is 0. The summed E-state index contributed by atoms with van der Waals surface area (Å²) < 4.78 is 5.98. The summed E-state index contributed by atoms with van der Waals surface area (Å²) in [6.07, 6.45) is 5.53. The zero-order chi connectivity index (χ0) is 18.2. The largest absolute Gasteiger partial charge is 0.456 e. The number of benzene rings is 2. The molecule has 0 unspecified atom stereocenters. The highest BCUT2D eigenvalue weighted by atomic mass is 16.3. The molecule has 0 N–H and O–H groups in total. The summed E-state index contributed by atoms with van der Waals surface area (Å²) >= 11 is 0. The van der Waals surface area contributed by atoms with Gasteiger partial charge in [-0.15, -0.1) is 0 Å². The molecule has 2 heterocycles. The van der Waals surface area contributed by atoms with Crippen LogP contribution in [0.3, 0.4) is 0 Å². The van der Waals surface area contributed by atoms with Gasteiger partial charge in [0.2, 0.25) is 0 Å². The van der Waals surface area contributed by atoms with E-state index in [0.717, 1.165) is 30.7 Å². The number of furan rings is 1. The van der Waals surface area contributed by atoms with Crippen LogP contribution in [0.15, 0.2) is 65.2 Å². The van der Waals surface area contributed by atoms with Crippen LogP contribution in [0.2, 0.25) is 0 Å². The van der Waals surface area contributed by atoms with Crippen LogP contribution in [0.25, 0.3) is 21.9 Å². The zero-order valence-electron chi connectivity index (χ0n) is 15.7. The van der Waals surface area contributed by atoms with E-state index in [1.54, 1.807) is 0 Å². The van der Waals surface area contributed by atoms with Crippen LogP contribution in [0.1, 0.15) is 42.6 Å². The van der Waals surface area contributed by atoms with Gasteiger partial charge in [-0.2, -0.15) is 0 Å². The third-order valence-corrected chi connectivity index (χ3v) is 5.84. The minimum atomic E-state index is 0.414. The molecule has 4 aromatic rings. The number of para-hydroxylation sites is 1. The molecule has 136 valence electrons. The SMILES string of the molecule is CCN(Cc1ccc2oc3ccccc3c2c1)[C@@H]1CCCc2cccnc21. The topological polar surface area (TPSA) is 29.3 Å². The van der Waals surface area contributed by atoms with E-state index in [1.807, 2.05) is 18.3 Å². The van der Waals surface area contributed by atoms with Gasteiger partial charge in [-0.1, -0.05) is 37.3 Å². The molecule has 1 atom stereocenters. The van der Waals surface area contributed by atoms with Crippen LogP contribution >= 0.6 is 0 Å². The monoisotopic (exact) mass is 356 g/mol. The maximum atomic E-state index is 5.98. The van der Waals surface area contributed by atoms with E-state index in [4.69, 9.17) is 9.40 Å². The summed E-state index contributed by atoms with van der Waals surface area (Å²) in [5.74, 6) is 0. The number of hydrogen-bond donors (Lipinski definition) is 0. The fourth-order valence-corrected chi connectivity index (χ4v) is 4.49. The first-order chi connectivity index (χ1) is 13.3. The summed E-state index contributed by atoms with van der Waals surface area (Å²) in [5, 5.41) is 2.41. The van der Waals surface area contributed by atoms with Crippen molar-refractivity contribution in [3.63, 3.8) is 0 Å². The van der Waals surface area contributed by atoms with Gasteiger partial charge in [-0.3, -0.25) is 9.88 Å². The minimum absolute atomic E-state index is 0.414. The molecule has 2 aromatic heterocycles. The highest BCUT2D eigenvalue weighted by Crippen LogP contribution is 2.34. The van der Waals surface area contributed by atoms with E-state index < -0.39 is 0 Å². The standard InChI is InChI=1S/C24H24N2O/c1-2-26(21-10-5-7-18-8-6-14-25-24(18)21)16-17-12-13-23-20(15-17)19-9-3-4-11-22(19)27-23/h3-4,6,8-9,11-15,21H,2,5,7,10,16H2,1H3/t21-/m1/s1. The smallest absolute Gasteiger partial charge is 0.135 e. The number of aryl methyl sites for hydroxylation is 1. The number of rotatable bonds is 4. The highest BCUT2D eigenvalue weighted by molar-refractivity contribution is 6.04. The molecular formula is C24H24N2O. The molecule has 0 amide bonds. The molecule has 0 bridgehead atoms. The van der Waals surface area contributed by atoms with E-state index in [1.165, 1.54) is 40.4 Å². The van der Waals surface area contributed by atoms with Gasteiger partial charge in [-0.05, 0) is 61.2 Å². The van der Waals surface area contributed by atoms with Crippen molar-refractivity contribution < 1.29 is 4.42 Å². The van der Waals surface area contributed by atoms with Crippen LogP contribution in [-0.4, -0.2) is 16.4 Å². The van der Waals surface area contributed by atoms with Gasteiger partial charge >= 0.3 is 0 Å². The molecule has 1 aliphatic rings. The lowest BCUT2D eigenvalue weighted by molar-refractivity contribution is 0.175. The molecule has 0 saturated carbocycles. The maximum absolute atomic E-state index is 5.98. The third kappa shape index (κ3) is 2.92. The Morgan fingerprint density at radius 1 is 1.04 bits per heavy atom. The normalized spacial score (nSPS) is 16.9. The molecule has 1 aliphatic carbocycles. The fourth-order valence-electron chi connectivity index (χ4n) is 4.49. The minimum Gasteiger partial charge on any atom is -0.456 e. The Kier molecular flexibility index (Phi) is 4.17. The van der Waals surface area contributed by atoms with Gasteiger partial charge in [0.25, 0.3) is 0 Å². The Bertz CT molecular complexity index is 1100. The lowest BCUT2D eigenvalue weighted by Gasteiger charge is -2.34. The van der Waals surface area contributed by atoms with E-state index >= 15 is 0 Å². The van der Waals surface area contributed by atoms with Crippen LogP contribution < -0.4 is 0 Å². The second-order valence-corrected chi connectivity index (χ2v) is 7.45.